The van der Waals surface area contributed by atoms with E-state index in [0.29, 0.717) is 41.4 Å². The van der Waals surface area contributed by atoms with Crippen molar-refractivity contribution >= 4 is 29.1 Å². The van der Waals surface area contributed by atoms with Crippen molar-refractivity contribution in [3.05, 3.63) is 83.4 Å². The molecule has 5 rings (SSSR count). The quantitative estimate of drug-likeness (QED) is 0.507. The molecule has 35 heavy (non-hydrogen) atoms. The zero-order chi connectivity index (χ0) is 24.4. The van der Waals surface area contributed by atoms with E-state index in [1.165, 1.54) is 0 Å². The third kappa shape index (κ3) is 4.80. The van der Waals surface area contributed by atoms with Crippen molar-refractivity contribution < 1.29 is 23.9 Å². The standard InChI is InChI=1S/C26H24N4O5/c27-25(32)21-11-16-5-1-2-6-17(16)13-30(21)14-24(31)29-20-8-4-3-7-19(20)26(33)28-18-9-10-22-23(12-18)35-15-34-22/h1-10,12,21H,11,13-15H2,(H2,27,32)(H,28,33)(H,29,31)/t21-/m1/s1. The van der Waals surface area contributed by atoms with E-state index >= 15 is 0 Å². The molecular formula is C26H24N4O5. The lowest BCUT2D eigenvalue weighted by molar-refractivity contribution is -0.125. The molecule has 0 saturated carbocycles. The summed E-state index contributed by atoms with van der Waals surface area (Å²) in [4.78, 5) is 39.8. The Bertz CT molecular complexity index is 1310. The molecule has 0 fully saturated rings. The lowest BCUT2D eigenvalue weighted by Gasteiger charge is -2.34. The lowest BCUT2D eigenvalue weighted by Crippen LogP contribution is -2.51. The molecule has 2 heterocycles. The van der Waals surface area contributed by atoms with Crippen LogP contribution in [0, 0.1) is 0 Å². The largest absolute Gasteiger partial charge is 0.454 e. The van der Waals surface area contributed by atoms with Crippen LogP contribution in [0.5, 0.6) is 11.5 Å². The average Bonchev–Trinajstić information content (AvgIpc) is 3.31. The van der Waals surface area contributed by atoms with Crippen molar-refractivity contribution in [3.63, 3.8) is 0 Å². The number of carbonyl (C=O) groups is 3. The maximum absolute atomic E-state index is 13.0. The van der Waals surface area contributed by atoms with Crippen LogP contribution in [0.4, 0.5) is 11.4 Å². The Morgan fingerprint density at radius 2 is 1.66 bits per heavy atom. The third-order valence-corrected chi connectivity index (χ3v) is 6.10. The number of nitrogens with one attached hydrogen (secondary N) is 2. The monoisotopic (exact) mass is 472 g/mol. The Labute approximate surface area is 201 Å². The van der Waals surface area contributed by atoms with Crippen LogP contribution >= 0.6 is 0 Å². The second-order valence-corrected chi connectivity index (χ2v) is 8.41. The summed E-state index contributed by atoms with van der Waals surface area (Å²) in [6, 6.07) is 19.1. The molecule has 178 valence electrons. The molecule has 9 heteroatoms. The average molecular weight is 473 g/mol. The molecule has 9 nitrogen and oxygen atoms in total. The summed E-state index contributed by atoms with van der Waals surface area (Å²) >= 11 is 0. The fourth-order valence-electron chi connectivity index (χ4n) is 4.36. The van der Waals surface area contributed by atoms with Gasteiger partial charge in [-0.1, -0.05) is 36.4 Å². The minimum absolute atomic E-state index is 0.0416. The first-order valence-electron chi connectivity index (χ1n) is 11.2. The summed E-state index contributed by atoms with van der Waals surface area (Å²) in [5.41, 5.74) is 8.95. The minimum Gasteiger partial charge on any atom is -0.454 e. The van der Waals surface area contributed by atoms with Gasteiger partial charge in [0.1, 0.15) is 0 Å². The molecule has 4 N–H and O–H groups in total. The van der Waals surface area contributed by atoms with Crippen LogP contribution < -0.4 is 25.8 Å². The zero-order valence-electron chi connectivity index (χ0n) is 18.8. The number of anilines is 2. The Kier molecular flexibility index (Phi) is 6.07. The van der Waals surface area contributed by atoms with Crippen LogP contribution in [-0.4, -0.2) is 42.0 Å². The smallest absolute Gasteiger partial charge is 0.257 e. The highest BCUT2D eigenvalue weighted by Crippen LogP contribution is 2.34. The van der Waals surface area contributed by atoms with Crippen LogP contribution in [0.3, 0.4) is 0 Å². The number of amides is 3. The van der Waals surface area contributed by atoms with Gasteiger partial charge in [0, 0.05) is 18.3 Å². The molecule has 0 spiro atoms. The van der Waals surface area contributed by atoms with Gasteiger partial charge in [-0.05, 0) is 41.8 Å². The van der Waals surface area contributed by atoms with E-state index in [1.54, 1.807) is 47.4 Å². The summed E-state index contributed by atoms with van der Waals surface area (Å²) < 4.78 is 10.6. The first-order valence-corrected chi connectivity index (χ1v) is 11.2. The van der Waals surface area contributed by atoms with E-state index in [2.05, 4.69) is 10.6 Å². The minimum atomic E-state index is -0.583. The van der Waals surface area contributed by atoms with Crippen molar-refractivity contribution in [2.45, 2.75) is 19.0 Å². The summed E-state index contributed by atoms with van der Waals surface area (Å²) in [5.74, 6) is -0.0433. The highest BCUT2D eigenvalue weighted by atomic mass is 16.7. The molecule has 0 aromatic heterocycles. The number of ether oxygens (including phenoxy) is 2. The van der Waals surface area contributed by atoms with E-state index in [9.17, 15) is 14.4 Å². The normalized spacial score (nSPS) is 16.3. The molecular weight excluding hydrogens is 448 g/mol. The number of nitrogens with zero attached hydrogens (tertiary/aromatic N) is 1. The maximum atomic E-state index is 13.0. The van der Waals surface area contributed by atoms with Crippen LogP contribution in [0.2, 0.25) is 0 Å². The second kappa shape index (κ2) is 9.47. The zero-order valence-corrected chi connectivity index (χ0v) is 18.8. The van der Waals surface area contributed by atoms with E-state index in [1.807, 2.05) is 24.3 Å². The molecule has 2 aliphatic rings. The molecule has 0 bridgehead atoms. The second-order valence-electron chi connectivity index (χ2n) is 8.41. The van der Waals surface area contributed by atoms with Crippen molar-refractivity contribution in [1.82, 2.24) is 4.90 Å². The summed E-state index contributed by atoms with van der Waals surface area (Å²) in [6.45, 7) is 0.532. The van der Waals surface area contributed by atoms with Crippen molar-refractivity contribution in [3.8, 4) is 11.5 Å². The van der Waals surface area contributed by atoms with Gasteiger partial charge in [-0.25, -0.2) is 0 Å². The molecule has 0 unspecified atom stereocenters. The predicted molar refractivity (Wildman–Crippen MR) is 129 cm³/mol. The fourth-order valence-corrected chi connectivity index (χ4v) is 4.36. The Balaban J connectivity index is 1.29. The molecule has 3 aromatic rings. The number of hydrogen-bond donors (Lipinski definition) is 3. The molecule has 1 atom stereocenters. The highest BCUT2D eigenvalue weighted by Gasteiger charge is 2.31. The summed E-state index contributed by atoms with van der Waals surface area (Å²) in [5, 5.41) is 5.63. The van der Waals surface area contributed by atoms with E-state index < -0.39 is 11.9 Å². The van der Waals surface area contributed by atoms with Gasteiger partial charge in [0.25, 0.3) is 5.91 Å². The van der Waals surface area contributed by atoms with Crippen molar-refractivity contribution in [2.24, 2.45) is 5.73 Å². The van der Waals surface area contributed by atoms with Crippen molar-refractivity contribution in [1.29, 1.82) is 0 Å². The molecule has 0 aliphatic carbocycles. The molecule has 0 radical (unpaired) electrons. The van der Waals surface area contributed by atoms with Gasteiger partial charge < -0.3 is 25.8 Å². The SMILES string of the molecule is NC(=O)[C@H]1Cc2ccccc2CN1CC(=O)Nc1ccccc1C(=O)Nc1ccc2c(c1)OCO2. The van der Waals surface area contributed by atoms with Crippen LogP contribution in [0.15, 0.2) is 66.7 Å². The predicted octanol–water partition coefficient (Wildman–Crippen LogP) is 2.52. The number of para-hydroxylation sites is 1. The maximum Gasteiger partial charge on any atom is 0.257 e. The summed E-state index contributed by atoms with van der Waals surface area (Å²) in [6.07, 6.45) is 0.452. The van der Waals surface area contributed by atoms with E-state index in [0.717, 1.165) is 11.1 Å². The number of rotatable bonds is 6. The molecule has 0 saturated heterocycles. The number of benzene rings is 3. The van der Waals surface area contributed by atoms with E-state index in [4.69, 9.17) is 15.2 Å². The Morgan fingerprint density at radius 1 is 0.914 bits per heavy atom. The van der Waals surface area contributed by atoms with E-state index in [-0.39, 0.29) is 25.2 Å². The van der Waals surface area contributed by atoms with Gasteiger partial charge in [-0.2, -0.15) is 0 Å². The first-order chi connectivity index (χ1) is 17.0. The Hall–Kier alpha value is -4.37. The number of carbonyl (C=O) groups excluding carboxylic acids is 3. The topological polar surface area (TPSA) is 123 Å². The number of primary amides is 1. The van der Waals surface area contributed by atoms with Gasteiger partial charge in [0.15, 0.2) is 11.5 Å². The van der Waals surface area contributed by atoms with Crippen LogP contribution in [0.25, 0.3) is 0 Å². The first kappa shape index (κ1) is 22.4. The molecule has 3 aromatic carbocycles. The van der Waals surface area contributed by atoms with Crippen LogP contribution in [0.1, 0.15) is 21.5 Å². The van der Waals surface area contributed by atoms with Crippen molar-refractivity contribution in [2.75, 3.05) is 24.0 Å². The van der Waals surface area contributed by atoms with Gasteiger partial charge in [0.05, 0.1) is 23.8 Å². The fraction of sp³-hybridized carbons (Fsp3) is 0.192. The van der Waals surface area contributed by atoms with Gasteiger partial charge >= 0.3 is 0 Å². The van der Waals surface area contributed by atoms with Gasteiger partial charge in [-0.15, -0.1) is 0 Å². The highest BCUT2D eigenvalue weighted by molar-refractivity contribution is 6.10. The number of hydrogen-bond acceptors (Lipinski definition) is 6. The third-order valence-electron chi connectivity index (χ3n) is 6.10. The molecule has 2 aliphatic heterocycles. The van der Waals surface area contributed by atoms with Gasteiger partial charge in [0.2, 0.25) is 18.6 Å². The molecule has 3 amide bonds. The van der Waals surface area contributed by atoms with Crippen LogP contribution in [-0.2, 0) is 22.6 Å². The summed E-state index contributed by atoms with van der Waals surface area (Å²) in [7, 11) is 0. The Morgan fingerprint density at radius 3 is 2.49 bits per heavy atom. The lowest BCUT2D eigenvalue weighted by atomic mass is 9.93. The van der Waals surface area contributed by atoms with Gasteiger partial charge in [-0.3, -0.25) is 19.3 Å². The number of nitrogens with two attached hydrogens (primary N) is 1. The number of fused-ring (bicyclic) bond motifs is 2.